The number of anilines is 1. The summed E-state index contributed by atoms with van der Waals surface area (Å²) >= 11 is 5.90. The molecule has 0 unspecified atom stereocenters. The Morgan fingerprint density at radius 1 is 1.33 bits per heavy atom. The number of carbonyl (C=O) groups excluding carboxylic acids is 1. The van der Waals surface area contributed by atoms with Crippen LogP contribution < -0.4 is 16.4 Å². The number of amides is 1. The van der Waals surface area contributed by atoms with Crippen molar-refractivity contribution in [2.24, 2.45) is 5.73 Å². The summed E-state index contributed by atoms with van der Waals surface area (Å²) in [6.07, 6.45) is 3.89. The van der Waals surface area contributed by atoms with E-state index in [0.717, 1.165) is 6.07 Å². The Bertz CT molecular complexity index is 1160. The minimum Gasteiger partial charge on any atom is -0.351 e. The molecule has 1 amide bonds. The highest BCUT2D eigenvalue weighted by Crippen LogP contribution is 2.38. The van der Waals surface area contributed by atoms with Crippen molar-refractivity contribution in [2.45, 2.75) is 37.8 Å². The van der Waals surface area contributed by atoms with Gasteiger partial charge in [-0.25, -0.2) is 23.1 Å². The number of imidazole rings is 1. The normalized spacial score (nSPS) is 16.2. The molecule has 0 spiro atoms. The molecule has 2 aromatic heterocycles. The number of aromatic nitrogens is 4. The van der Waals surface area contributed by atoms with Crippen LogP contribution in [0.25, 0.3) is 5.82 Å². The van der Waals surface area contributed by atoms with Gasteiger partial charge in [-0.15, -0.1) is 0 Å². The summed E-state index contributed by atoms with van der Waals surface area (Å²) in [5.41, 5.74) is 6.97. The van der Waals surface area contributed by atoms with Gasteiger partial charge in [0.1, 0.15) is 23.7 Å². The Morgan fingerprint density at radius 3 is 2.76 bits per heavy atom. The first-order valence-corrected chi connectivity index (χ1v) is 10.5. The summed E-state index contributed by atoms with van der Waals surface area (Å²) < 4.78 is 41.4. The smallest absolute Gasteiger partial charge is 0.272 e. The van der Waals surface area contributed by atoms with Crippen molar-refractivity contribution in [3.8, 4) is 5.82 Å². The molecule has 1 aliphatic rings. The van der Waals surface area contributed by atoms with E-state index in [-0.39, 0.29) is 36.1 Å². The molecule has 4 rings (SSSR count). The van der Waals surface area contributed by atoms with E-state index in [1.807, 2.05) is 0 Å². The molecule has 33 heavy (non-hydrogen) atoms. The summed E-state index contributed by atoms with van der Waals surface area (Å²) in [4.78, 5) is 25.4. The minimum absolute atomic E-state index is 0.0203. The number of hydrogen-bond acceptors (Lipinski definition) is 6. The summed E-state index contributed by atoms with van der Waals surface area (Å²) in [6, 6.07) is 2.86. The molecule has 1 aromatic carbocycles. The summed E-state index contributed by atoms with van der Waals surface area (Å²) in [5, 5.41) is 5.79. The van der Waals surface area contributed by atoms with Crippen LogP contribution >= 0.6 is 11.6 Å². The van der Waals surface area contributed by atoms with Crippen molar-refractivity contribution in [2.75, 3.05) is 11.9 Å². The zero-order valence-electron chi connectivity index (χ0n) is 17.5. The zero-order chi connectivity index (χ0) is 23.8. The van der Waals surface area contributed by atoms with Gasteiger partial charge in [-0.1, -0.05) is 11.6 Å². The van der Waals surface area contributed by atoms with E-state index in [4.69, 9.17) is 17.3 Å². The third kappa shape index (κ3) is 5.25. The van der Waals surface area contributed by atoms with E-state index < -0.39 is 29.7 Å². The summed E-state index contributed by atoms with van der Waals surface area (Å²) in [5.74, 6) is -3.06. The Hall–Kier alpha value is -3.18. The summed E-state index contributed by atoms with van der Waals surface area (Å²) in [6.45, 7) is 1.79. The first kappa shape index (κ1) is 23.0. The van der Waals surface area contributed by atoms with Crippen molar-refractivity contribution < 1.29 is 18.0 Å². The fourth-order valence-corrected chi connectivity index (χ4v) is 3.78. The van der Waals surface area contributed by atoms with Gasteiger partial charge in [-0.2, -0.15) is 4.98 Å². The van der Waals surface area contributed by atoms with Gasteiger partial charge in [0.05, 0.1) is 6.04 Å². The first-order chi connectivity index (χ1) is 15.6. The third-order valence-corrected chi connectivity index (χ3v) is 5.47. The van der Waals surface area contributed by atoms with Crippen molar-refractivity contribution >= 4 is 23.5 Å². The van der Waals surface area contributed by atoms with E-state index in [0.29, 0.717) is 16.9 Å². The van der Waals surface area contributed by atoms with Crippen LogP contribution in [0.1, 0.15) is 40.5 Å². The lowest BCUT2D eigenvalue weighted by Crippen LogP contribution is -2.44. The number of halogens is 4. The number of alkyl halides is 2. The average molecular weight is 480 g/mol. The van der Waals surface area contributed by atoms with Gasteiger partial charge in [-0.3, -0.25) is 9.36 Å². The Labute approximate surface area is 192 Å². The first-order valence-electron chi connectivity index (χ1n) is 10.1. The number of nitrogens with one attached hydrogen (secondary N) is 2. The van der Waals surface area contributed by atoms with Gasteiger partial charge in [0.15, 0.2) is 0 Å². The van der Waals surface area contributed by atoms with Crippen LogP contribution in [0.3, 0.4) is 0 Å². The fourth-order valence-electron chi connectivity index (χ4n) is 3.55. The second-order valence-electron chi connectivity index (χ2n) is 7.94. The molecule has 1 aliphatic carbocycles. The van der Waals surface area contributed by atoms with E-state index in [1.54, 1.807) is 13.1 Å². The van der Waals surface area contributed by atoms with Crippen molar-refractivity contribution in [1.29, 1.82) is 0 Å². The van der Waals surface area contributed by atoms with E-state index >= 15 is 0 Å². The Kier molecular flexibility index (Phi) is 6.26. The minimum atomic E-state index is -2.66. The largest absolute Gasteiger partial charge is 0.351 e. The second-order valence-corrected chi connectivity index (χ2v) is 8.37. The lowest BCUT2D eigenvalue weighted by Gasteiger charge is -2.35. The highest BCUT2D eigenvalue weighted by atomic mass is 35.5. The molecular weight excluding hydrogens is 459 g/mol. The third-order valence-electron chi connectivity index (χ3n) is 5.26. The Balaban J connectivity index is 1.49. The van der Waals surface area contributed by atoms with E-state index in [2.05, 4.69) is 25.6 Å². The topological polar surface area (TPSA) is 111 Å². The van der Waals surface area contributed by atoms with Crippen LogP contribution in [-0.4, -0.2) is 43.9 Å². The number of hydrogen-bond donors (Lipinski definition) is 3. The van der Waals surface area contributed by atoms with Gasteiger partial charge in [0.2, 0.25) is 5.95 Å². The van der Waals surface area contributed by atoms with Crippen LogP contribution in [0, 0.1) is 12.7 Å². The van der Waals surface area contributed by atoms with Crippen LogP contribution in [0.4, 0.5) is 19.1 Å². The van der Waals surface area contributed by atoms with Crippen molar-refractivity contribution in [1.82, 2.24) is 24.8 Å². The molecular formula is C21H21ClF3N7O. The molecule has 8 nitrogen and oxygen atoms in total. The molecule has 174 valence electrons. The van der Waals surface area contributed by atoms with E-state index in [1.165, 1.54) is 29.2 Å². The van der Waals surface area contributed by atoms with Crippen molar-refractivity contribution in [3.05, 3.63) is 64.6 Å². The number of nitrogens with zero attached hydrogens (tertiary/aromatic N) is 4. The molecule has 0 aliphatic heterocycles. The second kappa shape index (κ2) is 8.99. The van der Waals surface area contributed by atoms with Gasteiger partial charge in [-0.05, 0) is 30.7 Å². The average Bonchev–Trinajstić information content (AvgIpc) is 3.21. The van der Waals surface area contributed by atoms with Crippen molar-refractivity contribution in [3.63, 3.8) is 0 Å². The van der Waals surface area contributed by atoms with Gasteiger partial charge < -0.3 is 16.4 Å². The molecule has 1 fully saturated rings. The SMILES string of the molecule is Cc1cnc(NC2CC(F)(F)C2)nc1-n1cnc(C(=O)N[C@H](CN)c2cc(F)cc(Cl)c2)c1. The summed E-state index contributed by atoms with van der Waals surface area (Å²) in [7, 11) is 0. The molecule has 3 aromatic rings. The standard InChI is InChI=1S/C21H21ClF3N7O/c1-11-8-27-20(29-15-5-21(24,25)6-15)31-18(11)32-9-17(28-10-32)19(33)30-16(7-26)12-2-13(22)4-14(23)3-12/h2-4,8-10,15-16H,5-7,26H2,1H3,(H,30,33)(H,27,29,31)/t16-/m1/s1. The van der Waals surface area contributed by atoms with Crippen LogP contribution in [0.5, 0.6) is 0 Å². The predicted octanol–water partition coefficient (Wildman–Crippen LogP) is 3.40. The molecule has 2 heterocycles. The highest BCUT2D eigenvalue weighted by Gasteiger charge is 2.45. The van der Waals surface area contributed by atoms with E-state index in [9.17, 15) is 18.0 Å². The predicted molar refractivity (Wildman–Crippen MR) is 116 cm³/mol. The number of benzene rings is 1. The Morgan fingerprint density at radius 2 is 2.09 bits per heavy atom. The van der Waals surface area contributed by atoms with Gasteiger partial charge in [0.25, 0.3) is 11.8 Å². The quantitative estimate of drug-likeness (QED) is 0.479. The highest BCUT2D eigenvalue weighted by molar-refractivity contribution is 6.30. The zero-order valence-corrected chi connectivity index (χ0v) is 18.3. The maximum Gasteiger partial charge on any atom is 0.272 e. The van der Waals surface area contributed by atoms with Crippen LogP contribution in [-0.2, 0) is 0 Å². The number of aryl methyl sites for hydroxylation is 1. The number of rotatable bonds is 7. The molecule has 1 saturated carbocycles. The molecule has 1 atom stereocenters. The van der Waals surface area contributed by atoms with Gasteiger partial charge in [0, 0.05) is 48.4 Å². The number of carbonyl (C=O) groups is 1. The number of nitrogens with two attached hydrogens (primary N) is 1. The maximum absolute atomic E-state index is 13.7. The maximum atomic E-state index is 13.7. The van der Waals surface area contributed by atoms with Crippen LogP contribution in [0.15, 0.2) is 36.9 Å². The fraction of sp³-hybridized carbons (Fsp3) is 0.333. The molecule has 12 heteroatoms. The van der Waals surface area contributed by atoms with Gasteiger partial charge >= 0.3 is 0 Å². The molecule has 0 bridgehead atoms. The lowest BCUT2D eigenvalue weighted by molar-refractivity contribution is -0.0794. The lowest BCUT2D eigenvalue weighted by atomic mass is 9.88. The molecule has 0 saturated heterocycles. The monoisotopic (exact) mass is 479 g/mol. The molecule has 0 radical (unpaired) electrons. The molecule has 4 N–H and O–H groups in total. The van der Waals surface area contributed by atoms with Crippen LogP contribution in [0.2, 0.25) is 5.02 Å².